The summed E-state index contributed by atoms with van der Waals surface area (Å²) in [5, 5.41) is 10.9. The Kier molecular flexibility index (Phi) is 5.06. The number of carbonyl (C=O) groups is 1. The first kappa shape index (κ1) is 17.7. The zero-order valence-corrected chi connectivity index (χ0v) is 15.4. The summed E-state index contributed by atoms with van der Waals surface area (Å²) in [7, 11) is 1.76. The number of ether oxygens (including phenoxy) is 1. The van der Waals surface area contributed by atoms with Crippen LogP contribution in [0.4, 0.5) is 5.82 Å². The average molecular weight is 354 g/mol. The number of aryl methyl sites for hydroxylation is 4. The van der Waals surface area contributed by atoms with Crippen LogP contribution in [0.25, 0.3) is 0 Å². The van der Waals surface area contributed by atoms with E-state index in [1.54, 1.807) is 24.7 Å². The fraction of sp³-hybridized carbons (Fsp3) is 0.316. The molecule has 1 amide bonds. The third-order valence-electron chi connectivity index (χ3n) is 4.16. The lowest BCUT2D eigenvalue weighted by atomic mass is 10.1. The second-order valence-corrected chi connectivity index (χ2v) is 6.10. The Labute approximate surface area is 151 Å². The lowest BCUT2D eigenvalue weighted by Gasteiger charge is -2.08. The Morgan fingerprint density at radius 2 is 2.00 bits per heavy atom. The minimum Gasteiger partial charge on any atom is -0.489 e. The molecule has 7 heteroatoms. The molecule has 1 N–H and O–H groups in total. The van der Waals surface area contributed by atoms with Gasteiger partial charge >= 0.3 is 0 Å². The number of amides is 1. The van der Waals surface area contributed by atoms with Crippen LogP contribution in [0.15, 0.2) is 34.9 Å². The lowest BCUT2D eigenvalue weighted by Crippen LogP contribution is -2.17. The van der Waals surface area contributed by atoms with E-state index in [-0.39, 0.29) is 18.2 Å². The highest BCUT2D eigenvalue weighted by atomic mass is 16.5. The Hall–Kier alpha value is -3.09. The van der Waals surface area contributed by atoms with Gasteiger partial charge in [-0.15, -0.1) is 0 Å². The highest BCUT2D eigenvalue weighted by Gasteiger charge is 2.21. The molecular formula is C19H22N4O3. The molecule has 2 aromatic heterocycles. The van der Waals surface area contributed by atoms with Crippen molar-refractivity contribution < 1.29 is 14.1 Å². The Morgan fingerprint density at radius 1 is 1.27 bits per heavy atom. The van der Waals surface area contributed by atoms with Crippen LogP contribution in [0, 0.1) is 13.8 Å². The van der Waals surface area contributed by atoms with Crippen LogP contribution in [-0.2, 0) is 20.1 Å². The predicted molar refractivity (Wildman–Crippen MR) is 97.3 cm³/mol. The molecule has 0 radical (unpaired) electrons. The van der Waals surface area contributed by atoms with Gasteiger partial charge in [0.15, 0.2) is 5.69 Å². The van der Waals surface area contributed by atoms with Crippen molar-refractivity contribution in [3.05, 3.63) is 58.6 Å². The Morgan fingerprint density at radius 3 is 2.62 bits per heavy atom. The maximum Gasteiger partial charge on any atom is 0.279 e. The molecule has 0 fully saturated rings. The van der Waals surface area contributed by atoms with E-state index in [0.717, 1.165) is 17.9 Å². The van der Waals surface area contributed by atoms with Crippen molar-refractivity contribution >= 4 is 11.7 Å². The predicted octanol–water partition coefficient (Wildman–Crippen LogP) is 3.42. The SMILES string of the molecule is CCc1ccc(OCc2c(C(=O)Nc3cc(C)nn3C)noc2C)cc1. The van der Waals surface area contributed by atoms with Crippen LogP contribution in [0.5, 0.6) is 5.75 Å². The largest absolute Gasteiger partial charge is 0.489 e. The molecule has 0 bridgehead atoms. The molecule has 2 heterocycles. The number of anilines is 1. The van der Waals surface area contributed by atoms with E-state index in [0.29, 0.717) is 17.1 Å². The van der Waals surface area contributed by atoms with Gasteiger partial charge in [-0.3, -0.25) is 9.48 Å². The van der Waals surface area contributed by atoms with Crippen molar-refractivity contribution in [3.63, 3.8) is 0 Å². The van der Waals surface area contributed by atoms with Gasteiger partial charge in [0.05, 0.1) is 11.3 Å². The molecule has 0 saturated carbocycles. The van der Waals surface area contributed by atoms with Crippen LogP contribution in [0.1, 0.15) is 40.0 Å². The third kappa shape index (κ3) is 3.77. The Bertz CT molecular complexity index is 910. The molecular weight excluding hydrogens is 332 g/mol. The van der Waals surface area contributed by atoms with Crippen LogP contribution >= 0.6 is 0 Å². The van der Waals surface area contributed by atoms with Crippen LogP contribution < -0.4 is 10.1 Å². The molecule has 0 aliphatic carbocycles. The second kappa shape index (κ2) is 7.43. The molecule has 1 aromatic carbocycles. The van der Waals surface area contributed by atoms with Gasteiger partial charge in [0.1, 0.15) is 23.9 Å². The zero-order valence-electron chi connectivity index (χ0n) is 15.4. The highest BCUT2D eigenvalue weighted by Crippen LogP contribution is 2.20. The molecule has 0 atom stereocenters. The van der Waals surface area contributed by atoms with Crippen molar-refractivity contribution in [2.24, 2.45) is 7.05 Å². The number of benzene rings is 1. The van der Waals surface area contributed by atoms with E-state index in [1.807, 2.05) is 31.2 Å². The maximum absolute atomic E-state index is 12.6. The van der Waals surface area contributed by atoms with Gasteiger partial charge in [0.2, 0.25) is 0 Å². The van der Waals surface area contributed by atoms with Gasteiger partial charge < -0.3 is 14.6 Å². The molecule has 0 aliphatic heterocycles. The summed E-state index contributed by atoms with van der Waals surface area (Å²) in [6.07, 6.45) is 0.975. The monoisotopic (exact) mass is 354 g/mol. The van der Waals surface area contributed by atoms with Crippen LogP contribution in [0.2, 0.25) is 0 Å². The minimum absolute atomic E-state index is 0.202. The van der Waals surface area contributed by atoms with Crippen molar-refractivity contribution in [1.29, 1.82) is 0 Å². The summed E-state index contributed by atoms with van der Waals surface area (Å²) < 4.78 is 12.6. The smallest absolute Gasteiger partial charge is 0.279 e. The average Bonchev–Trinajstić information content (AvgIpc) is 3.15. The summed E-state index contributed by atoms with van der Waals surface area (Å²) in [4.78, 5) is 12.6. The second-order valence-electron chi connectivity index (χ2n) is 6.10. The summed E-state index contributed by atoms with van der Waals surface area (Å²) in [6, 6.07) is 9.66. The molecule has 3 rings (SSSR count). The third-order valence-corrected chi connectivity index (χ3v) is 4.16. The lowest BCUT2D eigenvalue weighted by molar-refractivity contribution is 0.101. The summed E-state index contributed by atoms with van der Waals surface area (Å²) in [6.45, 7) is 5.93. The summed E-state index contributed by atoms with van der Waals surface area (Å²) in [5.41, 5.74) is 2.90. The Balaban J connectivity index is 1.73. The number of rotatable bonds is 6. The maximum atomic E-state index is 12.6. The zero-order chi connectivity index (χ0) is 18.7. The van der Waals surface area contributed by atoms with E-state index in [9.17, 15) is 4.79 Å². The first-order valence-corrected chi connectivity index (χ1v) is 8.46. The van der Waals surface area contributed by atoms with Crippen molar-refractivity contribution in [1.82, 2.24) is 14.9 Å². The summed E-state index contributed by atoms with van der Waals surface area (Å²) in [5.74, 6) is 1.53. The van der Waals surface area contributed by atoms with Gasteiger partial charge in [-0.05, 0) is 38.0 Å². The number of nitrogens with zero attached hydrogens (tertiary/aromatic N) is 3. The molecule has 7 nitrogen and oxygen atoms in total. The molecule has 0 saturated heterocycles. The van der Waals surface area contributed by atoms with Crippen molar-refractivity contribution in [3.8, 4) is 5.75 Å². The number of aromatic nitrogens is 3. The molecule has 3 aromatic rings. The fourth-order valence-electron chi connectivity index (χ4n) is 2.62. The van der Waals surface area contributed by atoms with Crippen LogP contribution in [-0.4, -0.2) is 20.8 Å². The number of nitrogens with one attached hydrogen (secondary N) is 1. The van der Waals surface area contributed by atoms with E-state index >= 15 is 0 Å². The van der Waals surface area contributed by atoms with Gasteiger partial charge in [-0.25, -0.2) is 0 Å². The number of hydrogen-bond acceptors (Lipinski definition) is 5. The van der Waals surface area contributed by atoms with Crippen LogP contribution in [0.3, 0.4) is 0 Å². The molecule has 26 heavy (non-hydrogen) atoms. The molecule has 0 unspecified atom stereocenters. The topological polar surface area (TPSA) is 82.2 Å². The normalized spacial score (nSPS) is 10.8. The molecule has 0 spiro atoms. The fourth-order valence-corrected chi connectivity index (χ4v) is 2.62. The van der Waals surface area contributed by atoms with Gasteiger partial charge in [0.25, 0.3) is 5.91 Å². The van der Waals surface area contributed by atoms with Gasteiger partial charge in [0, 0.05) is 13.1 Å². The molecule has 136 valence electrons. The first-order chi connectivity index (χ1) is 12.5. The van der Waals surface area contributed by atoms with Gasteiger partial charge in [-0.2, -0.15) is 5.10 Å². The van der Waals surface area contributed by atoms with E-state index in [2.05, 4.69) is 22.5 Å². The van der Waals surface area contributed by atoms with Gasteiger partial charge in [-0.1, -0.05) is 24.2 Å². The van der Waals surface area contributed by atoms with E-state index < -0.39 is 0 Å². The first-order valence-electron chi connectivity index (χ1n) is 8.46. The van der Waals surface area contributed by atoms with E-state index in [1.165, 1.54) is 5.56 Å². The highest BCUT2D eigenvalue weighted by molar-refractivity contribution is 6.03. The molecule has 0 aliphatic rings. The summed E-state index contributed by atoms with van der Waals surface area (Å²) >= 11 is 0. The quantitative estimate of drug-likeness (QED) is 0.733. The minimum atomic E-state index is -0.357. The standard InChI is InChI=1S/C19H22N4O3/c1-5-14-6-8-15(9-7-14)25-11-16-13(3)26-22-18(16)19(24)20-17-10-12(2)21-23(17)4/h6-10H,5,11H2,1-4H3,(H,20,24). The van der Waals surface area contributed by atoms with Crippen molar-refractivity contribution in [2.45, 2.75) is 33.8 Å². The number of hydrogen-bond donors (Lipinski definition) is 1. The van der Waals surface area contributed by atoms with E-state index in [4.69, 9.17) is 9.26 Å². The van der Waals surface area contributed by atoms with Crippen molar-refractivity contribution in [2.75, 3.05) is 5.32 Å². The number of carbonyl (C=O) groups excluding carboxylic acids is 1.